The van der Waals surface area contributed by atoms with Gasteiger partial charge in [0.05, 0.1) is 10.0 Å². The van der Waals surface area contributed by atoms with Gasteiger partial charge in [0.15, 0.2) is 28.9 Å². The fourth-order valence-electron chi connectivity index (χ4n) is 6.06. The van der Waals surface area contributed by atoms with E-state index in [-0.39, 0.29) is 52.7 Å². The second kappa shape index (κ2) is 19.7. The summed E-state index contributed by atoms with van der Waals surface area (Å²) in [5.74, 6) is -1.48. The Labute approximate surface area is 375 Å². The highest BCUT2D eigenvalue weighted by Gasteiger charge is 2.37. The molecule has 0 saturated heterocycles. The Morgan fingerprint density at radius 1 is 0.721 bits per heavy atom. The van der Waals surface area contributed by atoms with Crippen LogP contribution < -0.4 is 10.6 Å². The van der Waals surface area contributed by atoms with E-state index < -0.39 is 23.6 Å². The standard InChI is InChI=1S/C22H19Cl2F3N4O2.C19H15BrCl2N4O2/c1-11(2)29-21(33)15-8-13(23)7-12(3)14(15)9-18(32)17-10-19(22(25,26)27)30-31(17)20-16(24)5-4-6-28-20;1-10-6-11(21)7-13(19(28)23-2)12(10)8-16(27)15-9-17(20)25-26(15)18-14(22)4-3-5-24-18/h4-8,10-11H,9H2,1-3H3,(H,29,33);3-7,9H,8H2,1-2H3,(H,23,28). The van der Waals surface area contributed by atoms with Crippen LogP contribution >= 0.6 is 62.3 Å². The molecule has 0 saturated carbocycles. The van der Waals surface area contributed by atoms with Crippen LogP contribution in [-0.4, -0.2) is 66.0 Å². The minimum atomic E-state index is -4.79. The van der Waals surface area contributed by atoms with Gasteiger partial charge in [-0.25, -0.2) is 19.3 Å². The Morgan fingerprint density at radius 2 is 1.18 bits per heavy atom. The van der Waals surface area contributed by atoms with Crippen LogP contribution in [0.15, 0.2) is 77.7 Å². The molecule has 4 heterocycles. The zero-order valence-electron chi connectivity index (χ0n) is 32.8. The predicted molar refractivity (Wildman–Crippen MR) is 230 cm³/mol. The molecular weight excluding hydrogens is 947 g/mol. The summed E-state index contributed by atoms with van der Waals surface area (Å²) in [5, 5.41) is 14.2. The van der Waals surface area contributed by atoms with Crippen LogP contribution in [0.5, 0.6) is 0 Å². The number of rotatable bonds is 11. The lowest BCUT2D eigenvalue weighted by Crippen LogP contribution is -2.31. The highest BCUT2D eigenvalue weighted by molar-refractivity contribution is 9.10. The molecule has 0 spiro atoms. The monoisotopic (exact) mass is 978 g/mol. The number of amides is 2. The Hall–Kier alpha value is -5.13. The maximum atomic E-state index is 13.4. The van der Waals surface area contributed by atoms with E-state index in [0.717, 1.165) is 10.2 Å². The van der Waals surface area contributed by atoms with Crippen LogP contribution in [0.2, 0.25) is 20.1 Å². The number of nitrogens with zero attached hydrogens (tertiary/aromatic N) is 6. The molecule has 6 aromatic rings. The van der Waals surface area contributed by atoms with Crippen molar-refractivity contribution in [1.82, 2.24) is 40.2 Å². The molecule has 0 unspecified atom stereocenters. The van der Waals surface area contributed by atoms with Gasteiger partial charge in [0.2, 0.25) is 0 Å². The lowest BCUT2D eigenvalue weighted by molar-refractivity contribution is -0.141. The third kappa shape index (κ3) is 11.2. The van der Waals surface area contributed by atoms with Crippen LogP contribution in [0.4, 0.5) is 13.2 Å². The normalized spacial score (nSPS) is 11.2. The molecule has 0 atom stereocenters. The van der Waals surface area contributed by atoms with Crippen molar-refractivity contribution in [2.45, 2.75) is 52.8 Å². The zero-order chi connectivity index (χ0) is 44.9. The maximum Gasteiger partial charge on any atom is 0.435 e. The number of pyridine rings is 2. The first-order valence-electron chi connectivity index (χ1n) is 18.0. The Morgan fingerprint density at radius 3 is 1.62 bits per heavy atom. The fourth-order valence-corrected chi connectivity index (χ4v) is 7.38. The average Bonchev–Trinajstić information content (AvgIpc) is 3.81. The molecule has 4 aromatic heterocycles. The number of aryl methyl sites for hydroxylation is 2. The van der Waals surface area contributed by atoms with Gasteiger partial charge in [-0.3, -0.25) is 19.2 Å². The topological polar surface area (TPSA) is 154 Å². The summed E-state index contributed by atoms with van der Waals surface area (Å²) in [6, 6.07) is 14.6. The fraction of sp³-hybridized carbons (Fsp3) is 0.220. The minimum Gasteiger partial charge on any atom is -0.355 e. The summed E-state index contributed by atoms with van der Waals surface area (Å²) >= 11 is 27.8. The summed E-state index contributed by atoms with van der Waals surface area (Å²) in [7, 11) is 1.53. The number of aromatic nitrogens is 6. The van der Waals surface area contributed by atoms with Gasteiger partial charge in [0.25, 0.3) is 11.8 Å². The number of alkyl halides is 3. The van der Waals surface area contributed by atoms with E-state index in [1.807, 2.05) is 6.92 Å². The highest BCUT2D eigenvalue weighted by Crippen LogP contribution is 2.32. The molecule has 2 N–H and O–H groups in total. The van der Waals surface area contributed by atoms with Crippen LogP contribution in [0, 0.1) is 13.8 Å². The third-order valence-corrected chi connectivity index (χ3v) is 10.2. The first kappa shape index (κ1) is 46.9. The molecule has 6 rings (SSSR count). The van der Waals surface area contributed by atoms with Gasteiger partial charge in [0.1, 0.15) is 16.0 Å². The molecule has 0 fully saturated rings. The van der Waals surface area contributed by atoms with Crippen molar-refractivity contribution >= 4 is 85.7 Å². The number of Topliss-reactive ketones (excluding diaryl/α,β-unsaturated/α-hetero) is 2. The molecule has 12 nitrogen and oxygen atoms in total. The molecule has 61 heavy (non-hydrogen) atoms. The van der Waals surface area contributed by atoms with Crippen LogP contribution in [-0.2, 0) is 19.0 Å². The van der Waals surface area contributed by atoms with Crippen molar-refractivity contribution in [1.29, 1.82) is 0 Å². The van der Waals surface area contributed by atoms with E-state index in [1.54, 1.807) is 63.4 Å². The SMILES string of the molecule is CNC(=O)c1cc(Cl)cc(C)c1CC(=O)c1cc(Br)nn1-c1ncccc1Cl.Cc1cc(Cl)cc(C(=O)NC(C)C)c1CC(=O)c1cc(C(F)(F)F)nn1-c1ncccc1Cl. The predicted octanol–water partition coefficient (Wildman–Crippen LogP) is 9.89. The summed E-state index contributed by atoms with van der Waals surface area (Å²) in [5.41, 5.74) is 1.43. The van der Waals surface area contributed by atoms with Gasteiger partial charge in [0, 0.05) is 71.6 Å². The first-order valence-corrected chi connectivity index (χ1v) is 20.3. The van der Waals surface area contributed by atoms with E-state index in [4.69, 9.17) is 46.4 Å². The highest BCUT2D eigenvalue weighted by atomic mass is 79.9. The molecule has 20 heteroatoms. The molecule has 2 aromatic carbocycles. The van der Waals surface area contributed by atoms with Gasteiger partial charge < -0.3 is 10.6 Å². The van der Waals surface area contributed by atoms with Crippen molar-refractivity contribution in [3.05, 3.63) is 148 Å². The van der Waals surface area contributed by atoms with E-state index in [0.29, 0.717) is 59.5 Å². The Bertz CT molecular complexity index is 2670. The van der Waals surface area contributed by atoms with Gasteiger partial charge >= 0.3 is 6.18 Å². The molecular formula is C41H34BrCl4F3N8O4. The summed E-state index contributed by atoms with van der Waals surface area (Å²) in [6.07, 6.45) is -2.27. The van der Waals surface area contributed by atoms with E-state index in [2.05, 4.69) is 46.7 Å². The molecule has 0 aliphatic carbocycles. The number of halogens is 8. The number of benzene rings is 2. The second-order valence-corrected chi connectivity index (χ2v) is 16.1. The van der Waals surface area contributed by atoms with Crippen LogP contribution in [0.1, 0.15) is 83.5 Å². The first-order chi connectivity index (χ1) is 28.7. The molecule has 0 radical (unpaired) electrons. The molecule has 0 aliphatic heterocycles. The van der Waals surface area contributed by atoms with Crippen LogP contribution in [0.3, 0.4) is 0 Å². The number of hydrogen-bond donors (Lipinski definition) is 2. The number of ketones is 2. The molecule has 0 aliphatic rings. The molecule has 2 amide bonds. The van der Waals surface area contributed by atoms with Crippen molar-refractivity contribution in [2.75, 3.05) is 7.05 Å². The lowest BCUT2D eigenvalue weighted by Gasteiger charge is -2.15. The third-order valence-electron chi connectivity index (χ3n) is 8.82. The number of carbonyl (C=O) groups is 4. The summed E-state index contributed by atoms with van der Waals surface area (Å²) in [6.45, 7) is 7.01. The van der Waals surface area contributed by atoms with Gasteiger partial charge in [-0.05, 0) is 114 Å². The van der Waals surface area contributed by atoms with E-state index in [1.165, 1.54) is 36.1 Å². The Balaban J connectivity index is 0.000000234. The number of nitrogens with one attached hydrogen (secondary N) is 2. The van der Waals surface area contributed by atoms with Crippen molar-refractivity contribution in [3.63, 3.8) is 0 Å². The minimum absolute atomic E-state index is 0.00561. The molecule has 0 bridgehead atoms. The van der Waals surface area contributed by atoms with Crippen LogP contribution in [0.25, 0.3) is 11.6 Å². The molecule has 318 valence electrons. The quantitative estimate of drug-likeness (QED) is 0.122. The largest absolute Gasteiger partial charge is 0.435 e. The number of carbonyl (C=O) groups excluding carboxylic acids is 4. The lowest BCUT2D eigenvalue weighted by atomic mass is 9.95. The zero-order valence-corrected chi connectivity index (χ0v) is 37.4. The average molecular weight is 981 g/mol. The van der Waals surface area contributed by atoms with Gasteiger partial charge in [-0.1, -0.05) is 46.4 Å². The van der Waals surface area contributed by atoms with Crippen molar-refractivity contribution in [3.8, 4) is 11.6 Å². The number of hydrogen-bond acceptors (Lipinski definition) is 8. The van der Waals surface area contributed by atoms with Gasteiger partial charge in [-0.15, -0.1) is 0 Å². The Kier molecular flexibility index (Phi) is 15.2. The van der Waals surface area contributed by atoms with E-state index in [9.17, 15) is 32.3 Å². The van der Waals surface area contributed by atoms with Crippen molar-refractivity contribution in [2.24, 2.45) is 0 Å². The maximum absolute atomic E-state index is 13.4. The van der Waals surface area contributed by atoms with E-state index >= 15 is 0 Å². The second-order valence-electron chi connectivity index (χ2n) is 13.6. The summed E-state index contributed by atoms with van der Waals surface area (Å²) in [4.78, 5) is 59.5. The smallest absolute Gasteiger partial charge is 0.355 e. The summed E-state index contributed by atoms with van der Waals surface area (Å²) < 4.78 is 42.8. The van der Waals surface area contributed by atoms with Crippen molar-refractivity contribution < 1.29 is 32.3 Å². The van der Waals surface area contributed by atoms with Gasteiger partial charge in [-0.2, -0.15) is 23.4 Å².